The fourth-order valence-corrected chi connectivity index (χ4v) is 2.92. The van der Waals surface area contributed by atoms with E-state index in [9.17, 15) is 0 Å². The third-order valence-corrected chi connectivity index (χ3v) is 4.46. The molecule has 2 nitrogen and oxygen atoms in total. The van der Waals surface area contributed by atoms with E-state index in [1.807, 2.05) is 7.05 Å². The van der Waals surface area contributed by atoms with Gasteiger partial charge in [-0.15, -0.1) is 0 Å². The van der Waals surface area contributed by atoms with Crippen molar-refractivity contribution in [3.8, 4) is 0 Å². The van der Waals surface area contributed by atoms with Crippen molar-refractivity contribution >= 4 is 15.9 Å². The molecule has 0 aliphatic carbocycles. The minimum Gasteiger partial charge on any atom is -0.381 e. The normalized spacial score (nSPS) is 19.2. The molecule has 1 aliphatic heterocycles. The maximum Gasteiger partial charge on any atom is 0.0469 e. The van der Waals surface area contributed by atoms with E-state index in [1.165, 1.54) is 15.6 Å². The Bertz CT molecular complexity index is 374. The summed E-state index contributed by atoms with van der Waals surface area (Å²) in [6, 6.07) is 7.10. The second-order valence-corrected chi connectivity index (χ2v) is 5.58. The summed E-state index contributed by atoms with van der Waals surface area (Å²) in [6.07, 6.45) is 2.30. The molecule has 3 heteroatoms. The lowest BCUT2D eigenvalue weighted by molar-refractivity contribution is 0.0546. The maximum absolute atomic E-state index is 5.44. The van der Waals surface area contributed by atoms with Crippen LogP contribution in [0.1, 0.15) is 30.0 Å². The van der Waals surface area contributed by atoms with Crippen LogP contribution in [0.2, 0.25) is 0 Å². The number of hydrogen-bond acceptors (Lipinski definition) is 2. The quantitative estimate of drug-likeness (QED) is 0.923. The van der Waals surface area contributed by atoms with Gasteiger partial charge in [0, 0.05) is 23.7 Å². The SMILES string of the molecule is CNC(c1ccc(C)c(Br)c1)C1CCOCC1. The standard InChI is InChI=1S/C14H20BrNO/c1-10-3-4-12(9-13(10)15)14(16-2)11-5-7-17-8-6-11/h3-4,9,11,14,16H,5-8H2,1-2H3. The number of halogens is 1. The Hall–Kier alpha value is -0.380. The fourth-order valence-electron chi connectivity index (χ4n) is 2.53. The lowest BCUT2D eigenvalue weighted by Gasteiger charge is -2.30. The average Bonchev–Trinajstić information content (AvgIpc) is 2.36. The zero-order valence-electron chi connectivity index (χ0n) is 10.5. The summed E-state index contributed by atoms with van der Waals surface area (Å²) in [6.45, 7) is 3.92. The molecule has 1 aliphatic rings. The van der Waals surface area contributed by atoms with Crippen LogP contribution in [-0.4, -0.2) is 20.3 Å². The zero-order valence-corrected chi connectivity index (χ0v) is 12.1. The van der Waals surface area contributed by atoms with E-state index in [4.69, 9.17) is 4.74 Å². The monoisotopic (exact) mass is 297 g/mol. The van der Waals surface area contributed by atoms with Gasteiger partial charge in [0.05, 0.1) is 0 Å². The minimum atomic E-state index is 0.441. The van der Waals surface area contributed by atoms with Crippen LogP contribution >= 0.6 is 15.9 Å². The Kier molecular flexibility index (Phi) is 4.60. The Balaban J connectivity index is 2.18. The number of ether oxygens (including phenoxy) is 1. The van der Waals surface area contributed by atoms with E-state index in [-0.39, 0.29) is 0 Å². The van der Waals surface area contributed by atoms with Crippen molar-refractivity contribution in [2.24, 2.45) is 5.92 Å². The highest BCUT2D eigenvalue weighted by atomic mass is 79.9. The van der Waals surface area contributed by atoms with Gasteiger partial charge in [-0.25, -0.2) is 0 Å². The molecule has 1 unspecified atom stereocenters. The molecule has 1 saturated heterocycles. The Morgan fingerprint density at radius 3 is 2.65 bits per heavy atom. The van der Waals surface area contributed by atoms with Crippen molar-refractivity contribution in [1.82, 2.24) is 5.32 Å². The predicted molar refractivity (Wildman–Crippen MR) is 74.2 cm³/mol. The fraction of sp³-hybridized carbons (Fsp3) is 0.571. The van der Waals surface area contributed by atoms with Crippen LogP contribution in [0.3, 0.4) is 0 Å². The predicted octanol–water partition coefficient (Wildman–Crippen LogP) is 3.44. The largest absolute Gasteiger partial charge is 0.381 e. The number of aryl methyl sites for hydroxylation is 1. The van der Waals surface area contributed by atoms with E-state index in [1.54, 1.807) is 0 Å². The topological polar surface area (TPSA) is 21.3 Å². The molecule has 1 N–H and O–H groups in total. The van der Waals surface area contributed by atoms with Gasteiger partial charge in [0.1, 0.15) is 0 Å². The van der Waals surface area contributed by atoms with E-state index < -0.39 is 0 Å². The number of rotatable bonds is 3. The zero-order chi connectivity index (χ0) is 12.3. The summed E-state index contributed by atoms with van der Waals surface area (Å²) >= 11 is 3.62. The Morgan fingerprint density at radius 2 is 2.06 bits per heavy atom. The van der Waals surface area contributed by atoms with Crippen LogP contribution in [-0.2, 0) is 4.74 Å². The molecular weight excluding hydrogens is 278 g/mol. The van der Waals surface area contributed by atoms with Crippen molar-refractivity contribution in [3.63, 3.8) is 0 Å². The van der Waals surface area contributed by atoms with E-state index in [2.05, 4.69) is 46.4 Å². The lowest BCUT2D eigenvalue weighted by Crippen LogP contribution is -2.30. The van der Waals surface area contributed by atoms with Gasteiger partial charge in [-0.3, -0.25) is 0 Å². The first-order chi connectivity index (χ1) is 8.22. The van der Waals surface area contributed by atoms with Gasteiger partial charge in [-0.2, -0.15) is 0 Å². The molecule has 17 heavy (non-hydrogen) atoms. The summed E-state index contributed by atoms with van der Waals surface area (Å²) in [5.41, 5.74) is 2.66. The summed E-state index contributed by atoms with van der Waals surface area (Å²) in [4.78, 5) is 0. The molecule has 0 aromatic heterocycles. The highest BCUT2D eigenvalue weighted by Crippen LogP contribution is 2.31. The van der Waals surface area contributed by atoms with Crippen LogP contribution in [0, 0.1) is 12.8 Å². The van der Waals surface area contributed by atoms with E-state index >= 15 is 0 Å². The van der Waals surface area contributed by atoms with E-state index in [0.717, 1.165) is 26.1 Å². The first kappa shape index (κ1) is 13.1. The summed E-state index contributed by atoms with van der Waals surface area (Å²) < 4.78 is 6.63. The molecule has 0 amide bonds. The smallest absolute Gasteiger partial charge is 0.0469 e. The molecule has 0 spiro atoms. The van der Waals surface area contributed by atoms with Gasteiger partial charge in [0.25, 0.3) is 0 Å². The Morgan fingerprint density at radius 1 is 1.35 bits per heavy atom. The van der Waals surface area contributed by atoms with Gasteiger partial charge in [-0.05, 0) is 49.9 Å². The molecule has 1 aromatic rings. The number of hydrogen-bond donors (Lipinski definition) is 1. The first-order valence-corrected chi connectivity index (χ1v) is 7.02. The molecular formula is C14H20BrNO. The van der Waals surface area contributed by atoms with Crippen molar-refractivity contribution < 1.29 is 4.74 Å². The molecule has 0 saturated carbocycles. The van der Waals surface area contributed by atoms with Crippen molar-refractivity contribution in [2.45, 2.75) is 25.8 Å². The highest BCUT2D eigenvalue weighted by molar-refractivity contribution is 9.10. The van der Waals surface area contributed by atoms with Gasteiger partial charge in [0.15, 0.2) is 0 Å². The van der Waals surface area contributed by atoms with Gasteiger partial charge >= 0.3 is 0 Å². The summed E-state index contributed by atoms with van der Waals surface area (Å²) in [5.74, 6) is 0.684. The lowest BCUT2D eigenvalue weighted by atomic mass is 9.87. The van der Waals surface area contributed by atoms with Crippen LogP contribution in [0.25, 0.3) is 0 Å². The van der Waals surface area contributed by atoms with Gasteiger partial charge in [-0.1, -0.05) is 28.1 Å². The minimum absolute atomic E-state index is 0.441. The van der Waals surface area contributed by atoms with Crippen LogP contribution in [0.5, 0.6) is 0 Å². The number of benzene rings is 1. The molecule has 1 heterocycles. The summed E-state index contributed by atoms with van der Waals surface area (Å²) in [5, 5.41) is 3.46. The molecule has 1 atom stereocenters. The second kappa shape index (κ2) is 5.98. The van der Waals surface area contributed by atoms with Crippen LogP contribution in [0.4, 0.5) is 0 Å². The van der Waals surface area contributed by atoms with Crippen molar-refractivity contribution in [1.29, 1.82) is 0 Å². The third-order valence-electron chi connectivity index (χ3n) is 3.60. The van der Waals surface area contributed by atoms with Gasteiger partial charge < -0.3 is 10.1 Å². The van der Waals surface area contributed by atoms with Crippen LogP contribution in [0.15, 0.2) is 22.7 Å². The highest BCUT2D eigenvalue weighted by Gasteiger charge is 2.24. The third kappa shape index (κ3) is 3.09. The van der Waals surface area contributed by atoms with Crippen LogP contribution < -0.4 is 5.32 Å². The first-order valence-electron chi connectivity index (χ1n) is 6.23. The second-order valence-electron chi connectivity index (χ2n) is 4.72. The molecule has 0 bridgehead atoms. The average molecular weight is 298 g/mol. The molecule has 2 rings (SSSR count). The molecule has 0 radical (unpaired) electrons. The van der Waals surface area contributed by atoms with E-state index in [0.29, 0.717) is 12.0 Å². The molecule has 1 fully saturated rings. The molecule has 1 aromatic carbocycles. The maximum atomic E-state index is 5.44. The van der Waals surface area contributed by atoms with Crippen molar-refractivity contribution in [3.05, 3.63) is 33.8 Å². The molecule has 94 valence electrons. The summed E-state index contributed by atoms with van der Waals surface area (Å²) in [7, 11) is 2.05. The Labute approximate surface area is 112 Å². The van der Waals surface area contributed by atoms with Gasteiger partial charge in [0.2, 0.25) is 0 Å². The van der Waals surface area contributed by atoms with Crippen molar-refractivity contribution in [2.75, 3.05) is 20.3 Å². The number of nitrogens with one attached hydrogen (secondary N) is 1.